The highest BCUT2D eigenvalue weighted by Gasteiger charge is 2.26. The monoisotopic (exact) mass is 227 g/mol. The van der Waals surface area contributed by atoms with Gasteiger partial charge in [-0.15, -0.1) is 0 Å². The number of nitrogens with two attached hydrogens (primary N) is 1. The molecule has 0 saturated carbocycles. The van der Waals surface area contributed by atoms with E-state index in [2.05, 4.69) is 10.2 Å². The number of nitrogens with one attached hydrogen (secondary N) is 1. The third kappa shape index (κ3) is 4.10. The molecular weight excluding hydrogens is 202 g/mol. The van der Waals surface area contributed by atoms with Crippen molar-refractivity contribution in [3.05, 3.63) is 0 Å². The summed E-state index contributed by atoms with van der Waals surface area (Å²) in [4.78, 5) is 14.2. The summed E-state index contributed by atoms with van der Waals surface area (Å²) in [5.74, 6) is -0.0199. The van der Waals surface area contributed by atoms with Gasteiger partial charge in [0, 0.05) is 13.1 Å². The van der Waals surface area contributed by atoms with Crippen LogP contribution in [0.1, 0.15) is 39.5 Å². The van der Waals surface area contributed by atoms with Gasteiger partial charge in [0.2, 0.25) is 5.91 Å². The van der Waals surface area contributed by atoms with Gasteiger partial charge >= 0.3 is 0 Å². The van der Waals surface area contributed by atoms with E-state index in [0.717, 1.165) is 25.9 Å². The van der Waals surface area contributed by atoms with E-state index < -0.39 is 5.54 Å². The van der Waals surface area contributed by atoms with Gasteiger partial charge in [-0.05, 0) is 39.3 Å². The Kier molecular flexibility index (Phi) is 5.22. The van der Waals surface area contributed by atoms with Gasteiger partial charge in [-0.1, -0.05) is 13.3 Å². The number of amides is 1. The maximum absolute atomic E-state index is 11.8. The van der Waals surface area contributed by atoms with Gasteiger partial charge in [-0.2, -0.15) is 0 Å². The minimum absolute atomic E-state index is 0.0199. The first-order chi connectivity index (χ1) is 7.56. The quantitative estimate of drug-likeness (QED) is 0.703. The SMILES string of the molecule is CCCC(C)(N)C(=O)NCCN1CCCC1. The van der Waals surface area contributed by atoms with Crippen molar-refractivity contribution in [2.45, 2.75) is 45.1 Å². The summed E-state index contributed by atoms with van der Waals surface area (Å²) < 4.78 is 0. The van der Waals surface area contributed by atoms with Crippen molar-refractivity contribution in [1.82, 2.24) is 10.2 Å². The van der Waals surface area contributed by atoms with E-state index in [0.29, 0.717) is 0 Å². The van der Waals surface area contributed by atoms with E-state index in [4.69, 9.17) is 5.73 Å². The Balaban J connectivity index is 2.18. The molecule has 1 unspecified atom stereocenters. The Labute approximate surface area is 98.6 Å². The second-order valence-corrected chi connectivity index (χ2v) is 4.97. The Morgan fingerprint density at radius 3 is 2.62 bits per heavy atom. The molecule has 1 heterocycles. The normalized spacial score (nSPS) is 20.7. The van der Waals surface area contributed by atoms with Crippen molar-refractivity contribution in [1.29, 1.82) is 0 Å². The Morgan fingerprint density at radius 1 is 1.44 bits per heavy atom. The van der Waals surface area contributed by atoms with Crippen LogP contribution < -0.4 is 11.1 Å². The van der Waals surface area contributed by atoms with E-state index in [9.17, 15) is 4.79 Å². The van der Waals surface area contributed by atoms with Crippen LogP contribution in [0.15, 0.2) is 0 Å². The predicted octanol–water partition coefficient (Wildman–Crippen LogP) is 0.716. The largest absolute Gasteiger partial charge is 0.353 e. The molecule has 1 fully saturated rings. The van der Waals surface area contributed by atoms with Crippen molar-refractivity contribution in [3.8, 4) is 0 Å². The van der Waals surface area contributed by atoms with E-state index in [1.54, 1.807) is 0 Å². The van der Waals surface area contributed by atoms with Crippen molar-refractivity contribution in [2.24, 2.45) is 5.73 Å². The van der Waals surface area contributed by atoms with Crippen LogP contribution in [0.2, 0.25) is 0 Å². The first kappa shape index (κ1) is 13.5. The van der Waals surface area contributed by atoms with Crippen molar-refractivity contribution in [3.63, 3.8) is 0 Å². The maximum atomic E-state index is 11.8. The summed E-state index contributed by atoms with van der Waals surface area (Å²) in [6.45, 7) is 7.86. The topological polar surface area (TPSA) is 58.4 Å². The fraction of sp³-hybridized carbons (Fsp3) is 0.917. The highest BCUT2D eigenvalue weighted by Crippen LogP contribution is 2.08. The molecule has 1 aliphatic rings. The molecule has 0 radical (unpaired) electrons. The molecule has 4 nitrogen and oxygen atoms in total. The third-order valence-electron chi connectivity index (χ3n) is 3.20. The molecule has 0 aliphatic carbocycles. The van der Waals surface area contributed by atoms with E-state index in [1.165, 1.54) is 25.9 Å². The standard InChI is InChI=1S/C12H25N3O/c1-3-6-12(2,13)11(16)14-7-10-15-8-4-5-9-15/h3-10,13H2,1-2H3,(H,14,16). The number of hydrogen-bond donors (Lipinski definition) is 2. The van der Waals surface area contributed by atoms with Crippen LogP contribution in [-0.2, 0) is 4.79 Å². The first-order valence-electron chi connectivity index (χ1n) is 6.36. The third-order valence-corrected chi connectivity index (χ3v) is 3.20. The fourth-order valence-corrected chi connectivity index (χ4v) is 2.17. The van der Waals surface area contributed by atoms with E-state index in [-0.39, 0.29) is 5.91 Å². The van der Waals surface area contributed by atoms with Crippen LogP contribution >= 0.6 is 0 Å². The summed E-state index contributed by atoms with van der Waals surface area (Å²) in [7, 11) is 0. The molecular formula is C12H25N3O. The number of nitrogens with zero attached hydrogens (tertiary/aromatic N) is 1. The molecule has 16 heavy (non-hydrogen) atoms. The second kappa shape index (κ2) is 6.21. The number of carbonyl (C=O) groups excluding carboxylic acids is 1. The van der Waals surface area contributed by atoms with Gasteiger partial charge in [0.15, 0.2) is 0 Å². The zero-order valence-electron chi connectivity index (χ0n) is 10.6. The Bertz CT molecular complexity index is 222. The highest BCUT2D eigenvalue weighted by molar-refractivity contribution is 5.85. The van der Waals surface area contributed by atoms with Crippen LogP contribution in [0.25, 0.3) is 0 Å². The average molecular weight is 227 g/mol. The molecule has 0 bridgehead atoms. The molecule has 1 rings (SSSR count). The zero-order chi connectivity index (χ0) is 12.0. The van der Waals surface area contributed by atoms with E-state index >= 15 is 0 Å². The Hall–Kier alpha value is -0.610. The van der Waals surface area contributed by atoms with Crippen LogP contribution in [-0.4, -0.2) is 42.5 Å². The van der Waals surface area contributed by atoms with Crippen LogP contribution in [0, 0.1) is 0 Å². The minimum Gasteiger partial charge on any atom is -0.353 e. The first-order valence-corrected chi connectivity index (χ1v) is 6.36. The van der Waals surface area contributed by atoms with Gasteiger partial charge in [0.05, 0.1) is 5.54 Å². The average Bonchev–Trinajstić information content (AvgIpc) is 2.70. The lowest BCUT2D eigenvalue weighted by atomic mass is 9.97. The zero-order valence-corrected chi connectivity index (χ0v) is 10.6. The van der Waals surface area contributed by atoms with Crippen molar-refractivity contribution >= 4 is 5.91 Å². The molecule has 94 valence electrons. The Morgan fingerprint density at radius 2 is 2.06 bits per heavy atom. The summed E-state index contributed by atoms with van der Waals surface area (Å²) in [6, 6.07) is 0. The molecule has 1 atom stereocenters. The second-order valence-electron chi connectivity index (χ2n) is 4.97. The lowest BCUT2D eigenvalue weighted by Crippen LogP contribution is -2.52. The molecule has 1 amide bonds. The minimum atomic E-state index is -0.709. The van der Waals surface area contributed by atoms with Crippen molar-refractivity contribution < 1.29 is 4.79 Å². The lowest BCUT2D eigenvalue weighted by Gasteiger charge is -2.23. The molecule has 1 saturated heterocycles. The maximum Gasteiger partial charge on any atom is 0.239 e. The number of rotatable bonds is 6. The number of carbonyl (C=O) groups is 1. The summed E-state index contributed by atoms with van der Waals surface area (Å²) in [6.07, 6.45) is 4.26. The van der Waals surface area contributed by atoms with Gasteiger partial charge in [-0.25, -0.2) is 0 Å². The molecule has 4 heteroatoms. The smallest absolute Gasteiger partial charge is 0.239 e. The predicted molar refractivity (Wildman–Crippen MR) is 66.2 cm³/mol. The molecule has 0 spiro atoms. The number of likely N-dealkylation sites (tertiary alicyclic amines) is 1. The van der Waals surface area contributed by atoms with Crippen LogP contribution in [0.3, 0.4) is 0 Å². The number of hydrogen-bond acceptors (Lipinski definition) is 3. The highest BCUT2D eigenvalue weighted by atomic mass is 16.2. The van der Waals surface area contributed by atoms with Gasteiger partial charge < -0.3 is 16.0 Å². The van der Waals surface area contributed by atoms with Gasteiger partial charge in [0.25, 0.3) is 0 Å². The molecule has 0 aromatic heterocycles. The van der Waals surface area contributed by atoms with Crippen molar-refractivity contribution in [2.75, 3.05) is 26.2 Å². The van der Waals surface area contributed by atoms with Crippen LogP contribution in [0.5, 0.6) is 0 Å². The van der Waals surface area contributed by atoms with Gasteiger partial charge in [0.1, 0.15) is 0 Å². The molecule has 3 N–H and O–H groups in total. The lowest BCUT2D eigenvalue weighted by molar-refractivity contribution is -0.126. The summed E-state index contributed by atoms with van der Waals surface area (Å²) in [5.41, 5.74) is 5.23. The molecule has 0 aromatic rings. The summed E-state index contributed by atoms with van der Waals surface area (Å²) in [5, 5.41) is 2.93. The van der Waals surface area contributed by atoms with E-state index in [1.807, 2.05) is 13.8 Å². The van der Waals surface area contributed by atoms with Crippen LogP contribution in [0.4, 0.5) is 0 Å². The molecule has 0 aromatic carbocycles. The summed E-state index contributed by atoms with van der Waals surface area (Å²) >= 11 is 0. The molecule has 1 aliphatic heterocycles. The van der Waals surface area contributed by atoms with Gasteiger partial charge in [-0.3, -0.25) is 4.79 Å². The fourth-order valence-electron chi connectivity index (χ4n) is 2.17.